The SMILES string of the molecule is COc1ccc(NC(=O)CCN(C)Cc2ccccc2)cc1. The molecule has 2 aromatic rings. The van der Waals surface area contributed by atoms with Gasteiger partial charge in [0.2, 0.25) is 5.91 Å². The zero-order valence-electron chi connectivity index (χ0n) is 13.1. The second-order valence-corrected chi connectivity index (χ2v) is 5.25. The number of ether oxygens (including phenoxy) is 1. The molecule has 0 saturated heterocycles. The molecule has 0 aliphatic rings. The van der Waals surface area contributed by atoms with Crippen LogP contribution in [0.5, 0.6) is 5.75 Å². The Bertz CT molecular complexity index is 582. The molecule has 4 nitrogen and oxygen atoms in total. The van der Waals surface area contributed by atoms with E-state index >= 15 is 0 Å². The van der Waals surface area contributed by atoms with Gasteiger partial charge < -0.3 is 15.0 Å². The molecule has 0 aliphatic heterocycles. The van der Waals surface area contributed by atoms with Crippen LogP contribution in [0, 0.1) is 0 Å². The predicted molar refractivity (Wildman–Crippen MR) is 89.0 cm³/mol. The average molecular weight is 298 g/mol. The first-order valence-electron chi connectivity index (χ1n) is 7.34. The van der Waals surface area contributed by atoms with Crippen molar-refractivity contribution in [1.29, 1.82) is 0 Å². The summed E-state index contributed by atoms with van der Waals surface area (Å²) in [7, 11) is 3.64. The van der Waals surface area contributed by atoms with E-state index in [1.807, 2.05) is 49.5 Å². The fourth-order valence-electron chi connectivity index (χ4n) is 2.16. The zero-order chi connectivity index (χ0) is 15.8. The highest BCUT2D eigenvalue weighted by Gasteiger charge is 2.06. The van der Waals surface area contributed by atoms with Crippen LogP contribution in [0.3, 0.4) is 0 Å². The molecule has 4 heteroatoms. The lowest BCUT2D eigenvalue weighted by Crippen LogP contribution is -2.24. The molecular formula is C18H22N2O2. The third kappa shape index (κ3) is 5.22. The summed E-state index contributed by atoms with van der Waals surface area (Å²) in [5.74, 6) is 0.797. The Morgan fingerprint density at radius 2 is 1.77 bits per heavy atom. The van der Waals surface area contributed by atoms with Crippen molar-refractivity contribution in [1.82, 2.24) is 4.90 Å². The Balaban J connectivity index is 1.74. The minimum Gasteiger partial charge on any atom is -0.497 e. The summed E-state index contributed by atoms with van der Waals surface area (Å²) in [6.45, 7) is 1.56. The molecule has 0 saturated carbocycles. The van der Waals surface area contributed by atoms with Gasteiger partial charge in [-0.05, 0) is 36.9 Å². The first-order valence-corrected chi connectivity index (χ1v) is 7.34. The number of hydrogen-bond donors (Lipinski definition) is 1. The van der Waals surface area contributed by atoms with Crippen LogP contribution >= 0.6 is 0 Å². The maximum atomic E-state index is 12.0. The predicted octanol–water partition coefficient (Wildman–Crippen LogP) is 3.16. The van der Waals surface area contributed by atoms with Gasteiger partial charge in [0.05, 0.1) is 7.11 Å². The lowest BCUT2D eigenvalue weighted by Gasteiger charge is -2.16. The highest BCUT2D eigenvalue weighted by molar-refractivity contribution is 5.90. The zero-order valence-corrected chi connectivity index (χ0v) is 13.1. The molecule has 0 heterocycles. The second-order valence-electron chi connectivity index (χ2n) is 5.25. The molecule has 2 aromatic carbocycles. The summed E-state index contributed by atoms with van der Waals surface area (Å²) in [6, 6.07) is 17.6. The molecule has 0 atom stereocenters. The van der Waals surface area contributed by atoms with Crippen molar-refractivity contribution in [3.05, 3.63) is 60.2 Å². The van der Waals surface area contributed by atoms with Crippen LogP contribution in [-0.2, 0) is 11.3 Å². The molecule has 1 N–H and O–H groups in total. The topological polar surface area (TPSA) is 41.6 Å². The molecule has 0 aromatic heterocycles. The van der Waals surface area contributed by atoms with Gasteiger partial charge in [-0.15, -0.1) is 0 Å². The number of benzene rings is 2. The normalized spacial score (nSPS) is 10.5. The monoisotopic (exact) mass is 298 g/mol. The molecule has 0 spiro atoms. The van der Waals surface area contributed by atoms with E-state index in [-0.39, 0.29) is 5.91 Å². The fourth-order valence-corrected chi connectivity index (χ4v) is 2.16. The van der Waals surface area contributed by atoms with Crippen LogP contribution in [0.25, 0.3) is 0 Å². The van der Waals surface area contributed by atoms with Crippen LogP contribution in [0.4, 0.5) is 5.69 Å². The average Bonchev–Trinajstić information content (AvgIpc) is 2.55. The van der Waals surface area contributed by atoms with E-state index in [2.05, 4.69) is 22.3 Å². The molecule has 116 valence electrons. The molecule has 0 radical (unpaired) electrons. The van der Waals surface area contributed by atoms with Crippen molar-refractivity contribution in [2.24, 2.45) is 0 Å². The van der Waals surface area contributed by atoms with Gasteiger partial charge in [-0.2, -0.15) is 0 Å². The van der Waals surface area contributed by atoms with E-state index in [9.17, 15) is 4.79 Å². The third-order valence-corrected chi connectivity index (χ3v) is 3.39. The van der Waals surface area contributed by atoms with Crippen LogP contribution < -0.4 is 10.1 Å². The summed E-state index contributed by atoms with van der Waals surface area (Å²) >= 11 is 0. The van der Waals surface area contributed by atoms with Crippen molar-refractivity contribution < 1.29 is 9.53 Å². The number of anilines is 1. The summed E-state index contributed by atoms with van der Waals surface area (Å²) in [5.41, 5.74) is 2.04. The lowest BCUT2D eigenvalue weighted by atomic mass is 10.2. The highest BCUT2D eigenvalue weighted by atomic mass is 16.5. The van der Waals surface area contributed by atoms with Crippen molar-refractivity contribution in [3.63, 3.8) is 0 Å². The number of amides is 1. The van der Waals surface area contributed by atoms with E-state index in [1.165, 1.54) is 5.56 Å². The first kappa shape index (κ1) is 16.0. The maximum absolute atomic E-state index is 12.0. The van der Waals surface area contributed by atoms with Gasteiger partial charge in [0.15, 0.2) is 0 Å². The highest BCUT2D eigenvalue weighted by Crippen LogP contribution is 2.15. The van der Waals surface area contributed by atoms with Crippen LogP contribution in [0.1, 0.15) is 12.0 Å². The van der Waals surface area contributed by atoms with Crippen molar-refractivity contribution in [2.45, 2.75) is 13.0 Å². The molecular weight excluding hydrogens is 276 g/mol. The van der Waals surface area contributed by atoms with Gasteiger partial charge in [-0.3, -0.25) is 4.79 Å². The van der Waals surface area contributed by atoms with Gasteiger partial charge in [-0.1, -0.05) is 30.3 Å². The first-order chi connectivity index (χ1) is 10.7. The quantitative estimate of drug-likeness (QED) is 0.853. The minimum absolute atomic E-state index is 0.0186. The summed E-state index contributed by atoms with van der Waals surface area (Å²) in [5, 5.41) is 2.89. The van der Waals surface area contributed by atoms with Gasteiger partial charge in [0.1, 0.15) is 5.75 Å². The van der Waals surface area contributed by atoms with Crippen LogP contribution in [0.2, 0.25) is 0 Å². The standard InChI is InChI=1S/C18H22N2O2/c1-20(14-15-6-4-3-5-7-15)13-12-18(21)19-16-8-10-17(22-2)11-9-16/h3-11H,12-14H2,1-2H3,(H,19,21). The molecule has 0 fully saturated rings. The Kier molecular flexibility index (Phi) is 5.98. The second kappa shape index (κ2) is 8.20. The van der Waals surface area contributed by atoms with Crippen molar-refractivity contribution in [2.75, 3.05) is 26.0 Å². The summed E-state index contributed by atoms with van der Waals surface area (Å²) in [4.78, 5) is 14.1. The number of rotatable bonds is 7. The number of carbonyl (C=O) groups excluding carboxylic acids is 1. The number of nitrogens with zero attached hydrogens (tertiary/aromatic N) is 1. The number of carbonyl (C=O) groups is 1. The lowest BCUT2D eigenvalue weighted by molar-refractivity contribution is -0.116. The van der Waals surface area contributed by atoms with E-state index in [4.69, 9.17) is 4.74 Å². The Morgan fingerprint density at radius 3 is 2.41 bits per heavy atom. The third-order valence-electron chi connectivity index (χ3n) is 3.39. The van der Waals surface area contributed by atoms with E-state index in [0.717, 1.165) is 24.5 Å². The molecule has 1 amide bonds. The van der Waals surface area contributed by atoms with Crippen molar-refractivity contribution >= 4 is 11.6 Å². The van der Waals surface area contributed by atoms with Gasteiger partial charge in [0.25, 0.3) is 0 Å². The van der Waals surface area contributed by atoms with Gasteiger partial charge in [-0.25, -0.2) is 0 Å². The Labute approximate surface area is 131 Å². The molecule has 2 rings (SSSR count). The van der Waals surface area contributed by atoms with E-state index in [1.54, 1.807) is 7.11 Å². The Morgan fingerprint density at radius 1 is 1.09 bits per heavy atom. The van der Waals surface area contributed by atoms with Gasteiger partial charge >= 0.3 is 0 Å². The number of nitrogens with one attached hydrogen (secondary N) is 1. The fraction of sp³-hybridized carbons (Fsp3) is 0.278. The smallest absolute Gasteiger partial charge is 0.225 e. The number of hydrogen-bond acceptors (Lipinski definition) is 3. The van der Waals surface area contributed by atoms with Crippen molar-refractivity contribution in [3.8, 4) is 5.75 Å². The van der Waals surface area contributed by atoms with E-state index < -0.39 is 0 Å². The largest absolute Gasteiger partial charge is 0.497 e. The van der Waals surface area contributed by atoms with Crippen LogP contribution in [-0.4, -0.2) is 31.5 Å². The number of methoxy groups -OCH3 is 1. The van der Waals surface area contributed by atoms with E-state index in [0.29, 0.717) is 6.42 Å². The Hall–Kier alpha value is -2.33. The molecule has 0 bridgehead atoms. The minimum atomic E-state index is 0.0186. The maximum Gasteiger partial charge on any atom is 0.225 e. The molecule has 0 aliphatic carbocycles. The molecule has 22 heavy (non-hydrogen) atoms. The molecule has 0 unspecified atom stereocenters. The van der Waals surface area contributed by atoms with Gasteiger partial charge in [0, 0.05) is 25.2 Å². The van der Waals surface area contributed by atoms with Crippen LogP contribution in [0.15, 0.2) is 54.6 Å². The summed E-state index contributed by atoms with van der Waals surface area (Å²) in [6.07, 6.45) is 0.468. The summed E-state index contributed by atoms with van der Waals surface area (Å²) < 4.78 is 5.09.